The van der Waals surface area contributed by atoms with Crippen LogP contribution < -0.4 is 5.73 Å². The molecule has 0 aliphatic carbocycles. The molecule has 0 fully saturated rings. The van der Waals surface area contributed by atoms with Gasteiger partial charge in [0.05, 0.1) is 12.2 Å². The second kappa shape index (κ2) is 18.3. The monoisotopic (exact) mass is 615 g/mol. The lowest BCUT2D eigenvalue weighted by Gasteiger charge is -2.43. The maximum absolute atomic E-state index is 13.6. The molecule has 0 spiro atoms. The molecule has 5 atom stereocenters. The van der Waals surface area contributed by atoms with Crippen molar-refractivity contribution in [3.63, 3.8) is 0 Å². The highest BCUT2D eigenvalue weighted by Crippen LogP contribution is 2.37. The number of esters is 1. The number of ether oxygens (including phenoxy) is 1. The fraction of sp³-hybridized carbons (Fsp3) is 0.909. The van der Waals surface area contributed by atoms with Gasteiger partial charge in [0, 0.05) is 11.5 Å². The highest BCUT2D eigenvalue weighted by molar-refractivity contribution is 6.74. The number of carbonyl (C=O) groups excluding carboxylic acids is 1. The average Bonchev–Trinajstić information content (AvgIpc) is 2.93. The number of aliphatic hydroxyl groups excluding tert-OH is 1. The lowest BCUT2D eigenvalue weighted by molar-refractivity contribution is -0.156. The molecule has 0 aromatic rings. The summed E-state index contributed by atoms with van der Waals surface area (Å²) in [6.45, 7) is 29.8. The average molecular weight is 616 g/mol. The molecule has 8 heteroatoms. The van der Waals surface area contributed by atoms with Gasteiger partial charge in [0.1, 0.15) is 6.10 Å². The zero-order chi connectivity index (χ0) is 32.2. The third-order valence-electron chi connectivity index (χ3n) is 10.1. The summed E-state index contributed by atoms with van der Waals surface area (Å²) in [6.07, 6.45) is 0.288. The van der Waals surface area contributed by atoms with E-state index in [-0.39, 0.29) is 12.1 Å². The molecule has 244 valence electrons. The minimum absolute atomic E-state index is 0.00661. The molecule has 0 saturated carbocycles. The van der Waals surface area contributed by atoms with Crippen molar-refractivity contribution in [1.82, 2.24) is 0 Å². The summed E-state index contributed by atoms with van der Waals surface area (Å²) in [4.78, 5) is 13.6. The molecule has 0 heterocycles. The Labute approximate surface area is 256 Å². The van der Waals surface area contributed by atoms with E-state index in [1.807, 2.05) is 20.8 Å². The van der Waals surface area contributed by atoms with Gasteiger partial charge in [-0.2, -0.15) is 0 Å². The van der Waals surface area contributed by atoms with Crippen molar-refractivity contribution in [2.24, 2.45) is 17.1 Å². The largest absolute Gasteiger partial charge is 0.456 e. The van der Waals surface area contributed by atoms with Gasteiger partial charge in [-0.15, -0.1) is 0 Å². The molecule has 0 aliphatic rings. The van der Waals surface area contributed by atoms with Gasteiger partial charge in [0.15, 0.2) is 22.7 Å². The van der Waals surface area contributed by atoms with E-state index >= 15 is 0 Å². The first-order valence-corrected chi connectivity index (χ1v) is 21.7. The summed E-state index contributed by atoms with van der Waals surface area (Å²) in [7, 11) is -3.89. The van der Waals surface area contributed by atoms with Crippen molar-refractivity contribution in [2.45, 2.75) is 183 Å². The SMILES string of the molecule is CC[C@H](O[Si](CC)(CC)CC)C(C)(C)[C@@H](O)C/C(C)=C(\C)[C@H](C)OC(=O)C(O[Si](CC)(CC)CC)[C@@H](N)CC(C)C. The Morgan fingerprint density at radius 2 is 1.27 bits per heavy atom. The first-order valence-electron chi connectivity index (χ1n) is 16.6. The van der Waals surface area contributed by atoms with Crippen molar-refractivity contribution in [1.29, 1.82) is 0 Å². The first-order chi connectivity index (χ1) is 19.0. The second-order valence-electron chi connectivity index (χ2n) is 13.4. The third kappa shape index (κ3) is 11.5. The topological polar surface area (TPSA) is 91.0 Å². The van der Waals surface area contributed by atoms with E-state index in [0.29, 0.717) is 18.8 Å². The Bertz CT molecular complexity index is 776. The van der Waals surface area contributed by atoms with E-state index in [1.165, 1.54) is 0 Å². The molecular weight excluding hydrogens is 547 g/mol. The van der Waals surface area contributed by atoms with E-state index in [0.717, 1.165) is 53.8 Å². The van der Waals surface area contributed by atoms with Gasteiger partial charge in [-0.05, 0) is 87.8 Å². The van der Waals surface area contributed by atoms with Gasteiger partial charge in [0.2, 0.25) is 0 Å². The molecule has 41 heavy (non-hydrogen) atoms. The van der Waals surface area contributed by atoms with Crippen LogP contribution >= 0.6 is 0 Å². The smallest absolute Gasteiger partial charge is 0.336 e. The summed E-state index contributed by atoms with van der Waals surface area (Å²) in [5, 5.41) is 11.5. The van der Waals surface area contributed by atoms with E-state index in [9.17, 15) is 9.90 Å². The molecule has 0 radical (unpaired) electrons. The molecule has 0 amide bonds. The third-order valence-corrected chi connectivity index (χ3v) is 19.4. The Morgan fingerprint density at radius 1 is 0.829 bits per heavy atom. The molecule has 0 saturated heterocycles. The number of hydrogen-bond donors (Lipinski definition) is 2. The predicted molar refractivity (Wildman–Crippen MR) is 180 cm³/mol. The molecule has 0 rings (SSSR count). The summed E-state index contributed by atoms with van der Waals surface area (Å²) in [6, 6.07) is 5.70. The zero-order valence-corrected chi connectivity index (χ0v) is 31.5. The van der Waals surface area contributed by atoms with Crippen LogP contribution in [0.1, 0.15) is 116 Å². The van der Waals surface area contributed by atoms with Crippen LogP contribution in [0, 0.1) is 11.3 Å². The molecule has 1 unspecified atom stereocenters. The Morgan fingerprint density at radius 3 is 1.66 bits per heavy atom. The predicted octanol–water partition coefficient (Wildman–Crippen LogP) is 8.60. The maximum Gasteiger partial charge on any atom is 0.336 e. The zero-order valence-electron chi connectivity index (χ0n) is 29.5. The highest BCUT2D eigenvalue weighted by Gasteiger charge is 2.42. The van der Waals surface area contributed by atoms with Crippen LogP contribution in [0.3, 0.4) is 0 Å². The van der Waals surface area contributed by atoms with Crippen LogP contribution in [-0.2, 0) is 18.4 Å². The van der Waals surface area contributed by atoms with Gasteiger partial charge in [-0.25, -0.2) is 4.79 Å². The number of nitrogens with two attached hydrogens (primary N) is 1. The Balaban J connectivity index is 5.87. The van der Waals surface area contributed by atoms with Crippen LogP contribution in [-0.4, -0.2) is 58.2 Å². The minimum Gasteiger partial charge on any atom is -0.456 e. The van der Waals surface area contributed by atoms with Crippen LogP contribution in [0.25, 0.3) is 0 Å². The van der Waals surface area contributed by atoms with Gasteiger partial charge < -0.3 is 24.4 Å². The summed E-state index contributed by atoms with van der Waals surface area (Å²) >= 11 is 0. The summed E-state index contributed by atoms with van der Waals surface area (Å²) in [5.41, 5.74) is 8.16. The number of rotatable bonds is 21. The van der Waals surface area contributed by atoms with E-state index < -0.39 is 46.4 Å². The van der Waals surface area contributed by atoms with E-state index in [4.69, 9.17) is 19.3 Å². The second-order valence-corrected chi connectivity index (χ2v) is 22.9. The lowest BCUT2D eigenvalue weighted by atomic mass is 9.77. The first kappa shape index (κ1) is 40.5. The molecular formula is C33H69NO5Si2. The Hall–Kier alpha value is -0.516. The van der Waals surface area contributed by atoms with Crippen molar-refractivity contribution < 1.29 is 23.5 Å². The maximum atomic E-state index is 13.6. The molecule has 3 N–H and O–H groups in total. The highest BCUT2D eigenvalue weighted by atomic mass is 28.4. The lowest BCUT2D eigenvalue weighted by Crippen LogP contribution is -2.52. The molecule has 0 aromatic carbocycles. The van der Waals surface area contributed by atoms with Gasteiger partial charge >= 0.3 is 5.97 Å². The summed E-state index contributed by atoms with van der Waals surface area (Å²) < 4.78 is 19.6. The van der Waals surface area contributed by atoms with Crippen molar-refractivity contribution >= 4 is 22.6 Å². The van der Waals surface area contributed by atoms with Crippen LogP contribution in [0.2, 0.25) is 36.3 Å². The fourth-order valence-electron chi connectivity index (χ4n) is 5.92. The minimum atomic E-state index is -2.08. The Kier molecular flexibility index (Phi) is 18.1. The number of hydrogen-bond acceptors (Lipinski definition) is 6. The molecule has 6 nitrogen and oxygen atoms in total. The van der Waals surface area contributed by atoms with Gasteiger partial charge in [0.25, 0.3) is 0 Å². The van der Waals surface area contributed by atoms with Crippen LogP contribution in [0.15, 0.2) is 11.1 Å². The number of carbonyl (C=O) groups is 1. The number of aliphatic hydroxyl groups is 1. The van der Waals surface area contributed by atoms with Crippen molar-refractivity contribution in [2.75, 3.05) is 0 Å². The van der Waals surface area contributed by atoms with Gasteiger partial charge in [-0.3, -0.25) is 0 Å². The standard InChI is InChI=1S/C33H69NO5Si2/c1-15-30(38-40(16-2,17-3)18-4)33(13,14)29(35)23-25(10)26(11)27(12)37-32(36)31(28(34)22-24(8)9)39-41(19-5,20-6)21-7/h24,27-31,35H,15-23,34H2,1-14H3/b26-25+/t27-,28-,29-,30-,31?/m0/s1. The fourth-order valence-corrected chi connectivity index (χ4v) is 11.8. The van der Waals surface area contributed by atoms with E-state index in [1.54, 1.807) is 0 Å². The van der Waals surface area contributed by atoms with Crippen LogP contribution in [0.5, 0.6) is 0 Å². The van der Waals surface area contributed by atoms with Crippen molar-refractivity contribution in [3.05, 3.63) is 11.1 Å². The van der Waals surface area contributed by atoms with Gasteiger partial charge in [-0.1, -0.05) is 81.7 Å². The molecule has 0 aromatic heterocycles. The summed E-state index contributed by atoms with van der Waals surface area (Å²) in [5.74, 6) is -0.0166. The molecule has 0 bridgehead atoms. The quantitative estimate of drug-likeness (QED) is 0.0763. The molecule has 0 aliphatic heterocycles. The van der Waals surface area contributed by atoms with Crippen LogP contribution in [0.4, 0.5) is 0 Å². The van der Waals surface area contributed by atoms with E-state index in [2.05, 4.69) is 76.2 Å². The van der Waals surface area contributed by atoms with Crippen molar-refractivity contribution in [3.8, 4) is 0 Å². The normalized spacial score (nSPS) is 17.6.